The predicted octanol–water partition coefficient (Wildman–Crippen LogP) is 1.30. The Morgan fingerprint density at radius 3 is 2.35 bits per heavy atom. The molecule has 3 nitrogen and oxygen atoms in total. The maximum atomic E-state index is 12.3. The van der Waals surface area contributed by atoms with Crippen molar-refractivity contribution < 1.29 is 18.3 Å². The molecule has 1 saturated carbocycles. The zero-order chi connectivity index (χ0) is 13.1. The molecule has 0 bridgehead atoms. The van der Waals surface area contributed by atoms with Crippen molar-refractivity contribution in [2.75, 3.05) is 26.2 Å². The highest BCUT2D eigenvalue weighted by Gasteiger charge is 2.45. The number of nitrogens with zero attached hydrogens (tertiary/aromatic N) is 1. The standard InChI is InChI=1S/C10H17F3N2OS/c11-10(12,13)7-15(3-4-16)6-9(1-2-9)5-8(14)17/h16H,1-7H2,(H2,14,17). The fourth-order valence-electron chi connectivity index (χ4n) is 2.02. The summed E-state index contributed by atoms with van der Waals surface area (Å²) in [6.45, 7) is -0.950. The number of halogens is 3. The lowest BCUT2D eigenvalue weighted by Crippen LogP contribution is -2.40. The molecule has 7 heteroatoms. The maximum absolute atomic E-state index is 12.3. The van der Waals surface area contributed by atoms with Gasteiger partial charge in [0, 0.05) is 19.5 Å². The van der Waals surface area contributed by atoms with Crippen LogP contribution in [0, 0.1) is 5.41 Å². The number of thiocarbonyl (C=S) groups is 1. The van der Waals surface area contributed by atoms with Crippen molar-refractivity contribution in [3.8, 4) is 0 Å². The summed E-state index contributed by atoms with van der Waals surface area (Å²) in [7, 11) is 0. The van der Waals surface area contributed by atoms with E-state index in [1.54, 1.807) is 0 Å². The number of hydrogen-bond acceptors (Lipinski definition) is 3. The lowest BCUT2D eigenvalue weighted by atomic mass is 10.0. The first-order valence-corrected chi connectivity index (χ1v) is 5.85. The first kappa shape index (κ1) is 14.7. The van der Waals surface area contributed by atoms with Gasteiger partial charge in [-0.15, -0.1) is 0 Å². The number of rotatable bonds is 7. The van der Waals surface area contributed by atoms with Crippen LogP contribution in [0.1, 0.15) is 19.3 Å². The van der Waals surface area contributed by atoms with E-state index >= 15 is 0 Å². The summed E-state index contributed by atoms with van der Waals surface area (Å²) in [6, 6.07) is 0. The Morgan fingerprint density at radius 2 is 2.00 bits per heavy atom. The Kier molecular flexibility index (Phi) is 4.74. The molecule has 3 N–H and O–H groups in total. The van der Waals surface area contributed by atoms with Gasteiger partial charge in [0.15, 0.2) is 0 Å². The van der Waals surface area contributed by atoms with Gasteiger partial charge < -0.3 is 10.8 Å². The monoisotopic (exact) mass is 270 g/mol. The van der Waals surface area contributed by atoms with Crippen LogP contribution < -0.4 is 5.73 Å². The largest absolute Gasteiger partial charge is 0.401 e. The van der Waals surface area contributed by atoms with Crippen LogP contribution in [-0.2, 0) is 0 Å². The average Bonchev–Trinajstić information content (AvgIpc) is 2.80. The second kappa shape index (κ2) is 5.49. The lowest BCUT2D eigenvalue weighted by molar-refractivity contribution is -0.148. The van der Waals surface area contributed by atoms with Gasteiger partial charge in [-0.05, 0) is 18.3 Å². The number of nitrogens with two attached hydrogens (primary N) is 1. The van der Waals surface area contributed by atoms with Gasteiger partial charge in [0.2, 0.25) is 0 Å². The minimum Gasteiger partial charge on any atom is -0.395 e. The number of aliphatic hydroxyl groups excluding tert-OH is 1. The smallest absolute Gasteiger partial charge is 0.395 e. The van der Waals surface area contributed by atoms with Crippen LogP contribution >= 0.6 is 12.2 Å². The normalized spacial score (nSPS) is 18.4. The molecule has 0 atom stereocenters. The quantitative estimate of drug-likeness (QED) is 0.685. The first-order valence-electron chi connectivity index (χ1n) is 5.45. The van der Waals surface area contributed by atoms with E-state index in [9.17, 15) is 13.2 Å². The van der Waals surface area contributed by atoms with E-state index in [0.717, 1.165) is 12.8 Å². The molecule has 0 aromatic heterocycles. The van der Waals surface area contributed by atoms with Crippen molar-refractivity contribution in [2.45, 2.75) is 25.4 Å². The molecule has 0 aliphatic heterocycles. The topological polar surface area (TPSA) is 49.5 Å². The number of hydrogen-bond donors (Lipinski definition) is 2. The van der Waals surface area contributed by atoms with Crippen molar-refractivity contribution in [3.05, 3.63) is 0 Å². The summed E-state index contributed by atoms with van der Waals surface area (Å²) in [4.78, 5) is 1.57. The molecule has 1 rings (SSSR count). The molecule has 0 amide bonds. The molecule has 17 heavy (non-hydrogen) atoms. The van der Waals surface area contributed by atoms with Crippen LogP contribution in [0.2, 0.25) is 0 Å². The van der Waals surface area contributed by atoms with Gasteiger partial charge in [0.25, 0.3) is 0 Å². The van der Waals surface area contributed by atoms with Gasteiger partial charge >= 0.3 is 6.18 Å². The molecular weight excluding hydrogens is 253 g/mol. The van der Waals surface area contributed by atoms with Crippen LogP contribution in [0.3, 0.4) is 0 Å². The Morgan fingerprint density at radius 1 is 1.41 bits per heavy atom. The third-order valence-corrected chi connectivity index (χ3v) is 3.03. The molecule has 1 aliphatic rings. The van der Waals surface area contributed by atoms with Crippen molar-refractivity contribution in [2.24, 2.45) is 11.1 Å². The van der Waals surface area contributed by atoms with E-state index in [4.69, 9.17) is 23.1 Å². The van der Waals surface area contributed by atoms with Gasteiger partial charge in [-0.1, -0.05) is 12.2 Å². The molecule has 0 heterocycles. The minimum atomic E-state index is -4.24. The van der Waals surface area contributed by atoms with E-state index in [0.29, 0.717) is 18.0 Å². The van der Waals surface area contributed by atoms with Crippen molar-refractivity contribution in [1.82, 2.24) is 4.90 Å². The van der Waals surface area contributed by atoms with E-state index in [2.05, 4.69) is 0 Å². The number of alkyl halides is 3. The van der Waals surface area contributed by atoms with Crippen LogP contribution in [0.5, 0.6) is 0 Å². The summed E-state index contributed by atoms with van der Waals surface area (Å²) < 4.78 is 36.9. The molecule has 0 spiro atoms. The highest BCUT2D eigenvalue weighted by molar-refractivity contribution is 7.80. The Hall–Kier alpha value is -0.400. The molecule has 100 valence electrons. The summed E-state index contributed by atoms with van der Waals surface area (Å²) in [6.07, 6.45) is -2.05. The Labute approximate surface area is 104 Å². The Bertz CT molecular complexity index is 279. The second-order valence-corrected chi connectivity index (χ2v) is 5.22. The van der Waals surface area contributed by atoms with Gasteiger partial charge in [-0.3, -0.25) is 4.90 Å². The van der Waals surface area contributed by atoms with E-state index in [1.807, 2.05) is 0 Å². The van der Waals surface area contributed by atoms with Crippen molar-refractivity contribution in [1.29, 1.82) is 0 Å². The molecule has 1 aliphatic carbocycles. The average molecular weight is 270 g/mol. The molecule has 0 unspecified atom stereocenters. The van der Waals surface area contributed by atoms with Gasteiger partial charge in [-0.2, -0.15) is 13.2 Å². The van der Waals surface area contributed by atoms with Crippen LogP contribution in [0.25, 0.3) is 0 Å². The van der Waals surface area contributed by atoms with Gasteiger partial charge in [0.05, 0.1) is 18.1 Å². The van der Waals surface area contributed by atoms with Crippen molar-refractivity contribution >= 4 is 17.2 Å². The minimum absolute atomic E-state index is 0.0264. The molecule has 0 radical (unpaired) electrons. The summed E-state index contributed by atoms with van der Waals surface area (Å²) in [5, 5.41) is 8.77. The third kappa shape index (κ3) is 5.65. The lowest BCUT2D eigenvalue weighted by Gasteiger charge is -2.27. The van der Waals surface area contributed by atoms with E-state index in [1.165, 1.54) is 4.90 Å². The summed E-state index contributed by atoms with van der Waals surface area (Å²) in [5.41, 5.74) is 5.25. The van der Waals surface area contributed by atoms with Crippen LogP contribution in [-0.4, -0.2) is 47.4 Å². The van der Waals surface area contributed by atoms with Gasteiger partial charge in [0.1, 0.15) is 0 Å². The van der Waals surface area contributed by atoms with Crippen LogP contribution in [0.4, 0.5) is 13.2 Å². The zero-order valence-electron chi connectivity index (χ0n) is 9.46. The third-order valence-electron chi connectivity index (χ3n) is 2.88. The van der Waals surface area contributed by atoms with Gasteiger partial charge in [-0.25, -0.2) is 0 Å². The molecule has 0 aromatic rings. The fraction of sp³-hybridized carbons (Fsp3) is 0.900. The molecule has 0 saturated heterocycles. The second-order valence-electron chi connectivity index (χ2n) is 4.69. The zero-order valence-corrected chi connectivity index (χ0v) is 10.3. The summed E-state index contributed by atoms with van der Waals surface area (Å²) in [5.74, 6) is 0. The first-order chi connectivity index (χ1) is 7.76. The van der Waals surface area contributed by atoms with E-state index < -0.39 is 12.7 Å². The maximum Gasteiger partial charge on any atom is 0.401 e. The van der Waals surface area contributed by atoms with Crippen LogP contribution in [0.15, 0.2) is 0 Å². The number of aliphatic hydroxyl groups is 1. The fourth-order valence-corrected chi connectivity index (χ4v) is 2.33. The molecular formula is C10H17F3N2OS. The molecule has 0 aromatic carbocycles. The highest BCUT2D eigenvalue weighted by Crippen LogP contribution is 2.49. The SMILES string of the molecule is NC(=S)CC1(CN(CCO)CC(F)(F)F)CC1. The molecule has 1 fully saturated rings. The van der Waals surface area contributed by atoms with E-state index in [-0.39, 0.29) is 18.6 Å². The highest BCUT2D eigenvalue weighted by atomic mass is 32.1. The Balaban J connectivity index is 2.51. The predicted molar refractivity (Wildman–Crippen MR) is 62.7 cm³/mol. The summed E-state index contributed by atoms with van der Waals surface area (Å²) >= 11 is 4.80. The van der Waals surface area contributed by atoms with Crippen molar-refractivity contribution in [3.63, 3.8) is 0 Å².